The Morgan fingerprint density at radius 3 is 2.54 bits per heavy atom. The molecule has 2 aromatic rings. The fourth-order valence-corrected chi connectivity index (χ4v) is 5.60. The Hall–Kier alpha value is -2.34. The average molecular weight is 380 g/mol. The van der Waals surface area contributed by atoms with E-state index in [-0.39, 0.29) is 5.91 Å². The minimum atomic E-state index is 0.0898. The highest BCUT2D eigenvalue weighted by molar-refractivity contribution is 5.93. The number of piperidine rings is 3. The van der Waals surface area contributed by atoms with Gasteiger partial charge in [-0.25, -0.2) is 0 Å². The summed E-state index contributed by atoms with van der Waals surface area (Å²) in [5.74, 6) is 1.92. The molecule has 3 atom stereocenters. The second-order valence-corrected chi connectivity index (χ2v) is 8.25. The predicted molar refractivity (Wildman–Crippen MR) is 107 cm³/mol. The standard InChI is InChI=1S/C22H28N4O2/c1-3-25-13-10-19(23-25)22(27)26-14-18(15-4-6-17(28-2)7-5-15)21-20(26)16-8-11-24(21)12-9-16/h4-7,10,13,16,18,20-21H,3,8-9,11-12,14H2,1-2H3. The molecule has 0 radical (unpaired) electrons. The summed E-state index contributed by atoms with van der Waals surface area (Å²) in [6, 6.07) is 11.0. The second-order valence-electron chi connectivity index (χ2n) is 8.25. The zero-order chi connectivity index (χ0) is 19.3. The first kappa shape index (κ1) is 17.7. The molecule has 148 valence electrons. The van der Waals surface area contributed by atoms with Crippen LogP contribution < -0.4 is 4.74 Å². The van der Waals surface area contributed by atoms with Gasteiger partial charge in [0.15, 0.2) is 0 Å². The Bertz CT molecular complexity index is 854. The maximum atomic E-state index is 13.4. The van der Waals surface area contributed by atoms with Gasteiger partial charge < -0.3 is 9.64 Å². The van der Waals surface area contributed by atoms with Crippen molar-refractivity contribution in [2.45, 2.75) is 44.3 Å². The van der Waals surface area contributed by atoms with Crippen molar-refractivity contribution < 1.29 is 9.53 Å². The number of hydrogen-bond acceptors (Lipinski definition) is 4. The molecule has 6 rings (SSSR count). The molecule has 1 aromatic carbocycles. The van der Waals surface area contributed by atoms with E-state index in [2.05, 4.69) is 27.0 Å². The van der Waals surface area contributed by atoms with Gasteiger partial charge >= 0.3 is 0 Å². The predicted octanol–water partition coefficient (Wildman–Crippen LogP) is 2.61. The number of aryl methyl sites for hydroxylation is 1. The number of benzene rings is 1. The van der Waals surface area contributed by atoms with Gasteiger partial charge in [-0.2, -0.15) is 5.10 Å². The van der Waals surface area contributed by atoms with Crippen molar-refractivity contribution in [2.24, 2.45) is 5.92 Å². The first-order chi connectivity index (χ1) is 13.7. The highest BCUT2D eigenvalue weighted by atomic mass is 16.5. The van der Waals surface area contributed by atoms with E-state index < -0.39 is 0 Å². The second kappa shape index (κ2) is 6.92. The molecule has 2 bridgehead atoms. The van der Waals surface area contributed by atoms with E-state index in [9.17, 15) is 4.79 Å². The van der Waals surface area contributed by atoms with Crippen molar-refractivity contribution in [1.29, 1.82) is 0 Å². The fourth-order valence-electron chi connectivity index (χ4n) is 5.60. The highest BCUT2D eigenvalue weighted by Gasteiger charge is 2.54. The topological polar surface area (TPSA) is 50.6 Å². The van der Waals surface area contributed by atoms with Crippen molar-refractivity contribution in [2.75, 3.05) is 26.7 Å². The smallest absolute Gasteiger partial charge is 0.274 e. The molecule has 6 heteroatoms. The molecule has 6 nitrogen and oxygen atoms in total. The Morgan fingerprint density at radius 1 is 1.14 bits per heavy atom. The maximum Gasteiger partial charge on any atom is 0.274 e. The van der Waals surface area contributed by atoms with Crippen LogP contribution in [0.15, 0.2) is 36.5 Å². The lowest BCUT2D eigenvalue weighted by molar-refractivity contribution is -0.00360. The number of amides is 1. The van der Waals surface area contributed by atoms with Gasteiger partial charge in [0.1, 0.15) is 11.4 Å². The van der Waals surface area contributed by atoms with Crippen LogP contribution in [-0.2, 0) is 6.54 Å². The van der Waals surface area contributed by atoms with Gasteiger partial charge in [0, 0.05) is 31.2 Å². The SMILES string of the molecule is CCn1ccc(C(=O)N2CC(c3ccc(OC)cc3)C3C2C2CCN3CC2)n1. The van der Waals surface area contributed by atoms with E-state index in [1.54, 1.807) is 7.11 Å². The normalized spacial score (nSPS) is 31.1. The summed E-state index contributed by atoms with van der Waals surface area (Å²) in [4.78, 5) is 18.2. The molecule has 28 heavy (non-hydrogen) atoms. The number of ether oxygens (including phenoxy) is 1. The van der Waals surface area contributed by atoms with E-state index in [1.807, 2.05) is 36.0 Å². The Kier molecular flexibility index (Phi) is 4.38. The summed E-state index contributed by atoms with van der Waals surface area (Å²) in [5, 5.41) is 4.49. The molecule has 1 amide bonds. The summed E-state index contributed by atoms with van der Waals surface area (Å²) in [5.41, 5.74) is 1.88. The monoisotopic (exact) mass is 380 g/mol. The van der Waals surface area contributed by atoms with Crippen LogP contribution in [0.2, 0.25) is 0 Å². The lowest BCUT2D eigenvalue weighted by atomic mass is 9.75. The third-order valence-electron chi connectivity index (χ3n) is 6.98. The summed E-state index contributed by atoms with van der Waals surface area (Å²) in [6.07, 6.45) is 4.30. The molecular weight excluding hydrogens is 352 g/mol. The van der Waals surface area contributed by atoms with Gasteiger partial charge in [-0.15, -0.1) is 0 Å². The molecule has 3 unspecified atom stereocenters. The Labute approximate surface area is 166 Å². The Balaban J connectivity index is 1.48. The zero-order valence-corrected chi connectivity index (χ0v) is 16.6. The third kappa shape index (κ3) is 2.73. The molecule has 0 aliphatic carbocycles. The van der Waals surface area contributed by atoms with Crippen molar-refractivity contribution in [3.63, 3.8) is 0 Å². The van der Waals surface area contributed by atoms with Crippen LogP contribution in [0.25, 0.3) is 0 Å². The van der Waals surface area contributed by atoms with Crippen molar-refractivity contribution in [3.8, 4) is 5.75 Å². The van der Waals surface area contributed by atoms with Gasteiger partial charge in [0.2, 0.25) is 0 Å². The van der Waals surface area contributed by atoms with E-state index in [1.165, 1.54) is 18.4 Å². The number of aromatic nitrogens is 2. The van der Waals surface area contributed by atoms with Gasteiger partial charge in [-0.1, -0.05) is 12.1 Å². The van der Waals surface area contributed by atoms with Crippen LogP contribution in [0.5, 0.6) is 5.75 Å². The average Bonchev–Trinajstić information content (AvgIpc) is 3.40. The molecule has 4 saturated heterocycles. The first-order valence-corrected chi connectivity index (χ1v) is 10.4. The van der Waals surface area contributed by atoms with Gasteiger partial charge in [-0.05, 0) is 62.5 Å². The summed E-state index contributed by atoms with van der Waals surface area (Å²) in [6.45, 7) is 5.91. The van der Waals surface area contributed by atoms with Crippen molar-refractivity contribution in [3.05, 3.63) is 47.8 Å². The molecule has 0 saturated carbocycles. The van der Waals surface area contributed by atoms with Crippen molar-refractivity contribution >= 4 is 5.91 Å². The number of hydrogen-bond donors (Lipinski definition) is 0. The van der Waals surface area contributed by atoms with E-state index >= 15 is 0 Å². The van der Waals surface area contributed by atoms with E-state index in [4.69, 9.17) is 4.74 Å². The fraction of sp³-hybridized carbons (Fsp3) is 0.545. The summed E-state index contributed by atoms with van der Waals surface area (Å²) in [7, 11) is 1.70. The molecule has 5 heterocycles. The maximum absolute atomic E-state index is 13.4. The van der Waals surface area contributed by atoms with Crippen LogP contribution in [0, 0.1) is 5.92 Å². The number of carbonyl (C=O) groups is 1. The molecule has 4 aliphatic heterocycles. The highest BCUT2D eigenvalue weighted by Crippen LogP contribution is 2.47. The number of rotatable bonds is 4. The van der Waals surface area contributed by atoms with Crippen LogP contribution in [0.1, 0.15) is 41.7 Å². The molecular formula is C22H28N4O2. The number of fused-ring (bicyclic) bond motifs is 2. The lowest BCUT2D eigenvalue weighted by Gasteiger charge is -2.51. The third-order valence-corrected chi connectivity index (χ3v) is 6.98. The Morgan fingerprint density at radius 2 is 1.89 bits per heavy atom. The van der Waals surface area contributed by atoms with Crippen molar-refractivity contribution in [1.82, 2.24) is 19.6 Å². The van der Waals surface area contributed by atoms with Crippen LogP contribution in [0.3, 0.4) is 0 Å². The minimum absolute atomic E-state index is 0.0898. The molecule has 0 spiro atoms. The van der Waals surface area contributed by atoms with Gasteiger partial charge in [-0.3, -0.25) is 14.4 Å². The molecule has 0 N–H and O–H groups in total. The molecule has 4 fully saturated rings. The number of carbonyl (C=O) groups excluding carboxylic acids is 1. The summed E-state index contributed by atoms with van der Waals surface area (Å²) < 4.78 is 7.16. The number of likely N-dealkylation sites (tertiary alicyclic amines) is 1. The summed E-state index contributed by atoms with van der Waals surface area (Å²) >= 11 is 0. The van der Waals surface area contributed by atoms with E-state index in [0.29, 0.717) is 29.6 Å². The van der Waals surface area contributed by atoms with Gasteiger partial charge in [0.25, 0.3) is 5.91 Å². The van der Waals surface area contributed by atoms with Gasteiger partial charge in [0.05, 0.1) is 13.2 Å². The largest absolute Gasteiger partial charge is 0.497 e. The zero-order valence-electron chi connectivity index (χ0n) is 16.6. The molecule has 1 aromatic heterocycles. The number of methoxy groups -OCH3 is 1. The minimum Gasteiger partial charge on any atom is -0.497 e. The lowest BCUT2D eigenvalue weighted by Crippen LogP contribution is -2.60. The van der Waals surface area contributed by atoms with Crippen LogP contribution in [-0.4, -0.2) is 64.3 Å². The number of nitrogens with zero attached hydrogens (tertiary/aromatic N) is 4. The van der Waals surface area contributed by atoms with E-state index in [0.717, 1.165) is 31.9 Å². The van der Waals surface area contributed by atoms with Crippen LogP contribution >= 0.6 is 0 Å². The quantitative estimate of drug-likeness (QED) is 0.818. The van der Waals surface area contributed by atoms with Crippen LogP contribution in [0.4, 0.5) is 0 Å². The first-order valence-electron chi connectivity index (χ1n) is 10.4. The molecule has 4 aliphatic rings.